The summed E-state index contributed by atoms with van der Waals surface area (Å²) < 4.78 is 22.8. The third-order valence-electron chi connectivity index (χ3n) is 5.67. The lowest BCUT2D eigenvalue weighted by molar-refractivity contribution is 0.410. The van der Waals surface area contributed by atoms with Crippen LogP contribution in [0.3, 0.4) is 0 Å². The van der Waals surface area contributed by atoms with E-state index in [-0.39, 0.29) is 11.8 Å². The molecule has 5 aromatic rings. The van der Waals surface area contributed by atoms with Crippen LogP contribution in [0.1, 0.15) is 17.1 Å². The summed E-state index contributed by atoms with van der Waals surface area (Å²) in [7, 11) is 1.90. The van der Waals surface area contributed by atoms with Gasteiger partial charge < -0.3 is 15.0 Å². The van der Waals surface area contributed by atoms with Gasteiger partial charge in [0.25, 0.3) is 0 Å². The number of pyridine rings is 1. The van der Waals surface area contributed by atoms with Crippen LogP contribution in [-0.2, 0) is 7.05 Å². The van der Waals surface area contributed by atoms with Gasteiger partial charge in [-0.3, -0.25) is 4.98 Å². The Labute approximate surface area is 195 Å². The molecule has 0 unspecified atom stereocenters. The zero-order chi connectivity index (χ0) is 24.0. The van der Waals surface area contributed by atoms with Crippen LogP contribution in [0.5, 0.6) is 11.8 Å². The minimum atomic E-state index is -0.556. The SMILES string of the molecule is Cc1ccnc(Oc2ccc(-c3c(-c4ccc(C)nc4C)n(C)c4ncnc(N)c34)cc2F)n1. The van der Waals surface area contributed by atoms with Gasteiger partial charge in [0.2, 0.25) is 0 Å². The van der Waals surface area contributed by atoms with Crippen molar-refractivity contribution >= 4 is 16.9 Å². The van der Waals surface area contributed by atoms with Crippen LogP contribution in [0, 0.1) is 26.6 Å². The summed E-state index contributed by atoms with van der Waals surface area (Å²) in [5.74, 6) is -0.221. The number of aryl methyl sites for hydroxylation is 4. The van der Waals surface area contributed by atoms with Crippen LogP contribution < -0.4 is 10.5 Å². The zero-order valence-electron chi connectivity index (χ0n) is 19.2. The van der Waals surface area contributed by atoms with Gasteiger partial charge in [-0.15, -0.1) is 0 Å². The first-order chi connectivity index (χ1) is 16.3. The smallest absolute Gasteiger partial charge is 0.322 e. The Hall–Kier alpha value is -4.40. The molecular weight excluding hydrogens is 433 g/mol. The van der Waals surface area contributed by atoms with Gasteiger partial charge in [-0.2, -0.15) is 0 Å². The van der Waals surface area contributed by atoms with Crippen molar-refractivity contribution in [3.8, 4) is 34.1 Å². The lowest BCUT2D eigenvalue weighted by Gasteiger charge is -2.12. The first-order valence-corrected chi connectivity index (χ1v) is 10.6. The maximum absolute atomic E-state index is 15.2. The summed E-state index contributed by atoms with van der Waals surface area (Å²) in [6, 6.07) is 10.5. The fourth-order valence-corrected chi connectivity index (χ4v) is 4.12. The van der Waals surface area contributed by atoms with E-state index in [0.29, 0.717) is 22.4 Å². The maximum Gasteiger partial charge on any atom is 0.322 e. The highest BCUT2D eigenvalue weighted by Crippen LogP contribution is 2.43. The Morgan fingerprint density at radius 1 is 0.941 bits per heavy atom. The zero-order valence-corrected chi connectivity index (χ0v) is 19.2. The highest BCUT2D eigenvalue weighted by molar-refractivity contribution is 6.07. The van der Waals surface area contributed by atoms with Gasteiger partial charge in [0.15, 0.2) is 11.6 Å². The molecule has 0 radical (unpaired) electrons. The fourth-order valence-electron chi connectivity index (χ4n) is 4.12. The van der Waals surface area contributed by atoms with Gasteiger partial charge in [0, 0.05) is 41.5 Å². The monoisotopic (exact) mass is 455 g/mol. The van der Waals surface area contributed by atoms with Gasteiger partial charge >= 0.3 is 6.01 Å². The summed E-state index contributed by atoms with van der Waals surface area (Å²) >= 11 is 0. The van der Waals surface area contributed by atoms with E-state index in [2.05, 4.69) is 24.9 Å². The molecular formula is C25H22FN7O. The van der Waals surface area contributed by atoms with E-state index in [1.165, 1.54) is 12.4 Å². The molecule has 34 heavy (non-hydrogen) atoms. The molecule has 1 aromatic carbocycles. The molecule has 0 aliphatic rings. The fraction of sp³-hybridized carbons (Fsp3) is 0.160. The number of nitrogens with two attached hydrogens (primary N) is 1. The van der Waals surface area contributed by atoms with E-state index in [0.717, 1.165) is 33.9 Å². The third-order valence-corrected chi connectivity index (χ3v) is 5.67. The van der Waals surface area contributed by atoms with Gasteiger partial charge in [0.1, 0.15) is 17.8 Å². The van der Waals surface area contributed by atoms with Gasteiger partial charge in [-0.1, -0.05) is 6.07 Å². The van der Waals surface area contributed by atoms with Crippen LogP contribution in [0.25, 0.3) is 33.4 Å². The molecule has 0 aliphatic heterocycles. The minimum absolute atomic E-state index is 0.0218. The Morgan fingerprint density at radius 3 is 2.47 bits per heavy atom. The summed E-state index contributed by atoms with van der Waals surface area (Å²) in [5.41, 5.74) is 12.5. The molecule has 0 atom stereocenters. The largest absolute Gasteiger partial charge is 0.421 e. The number of aromatic nitrogens is 6. The number of ether oxygens (including phenoxy) is 1. The van der Waals surface area contributed by atoms with Crippen molar-refractivity contribution in [2.24, 2.45) is 7.05 Å². The predicted octanol–water partition coefficient (Wildman–Crippen LogP) is 4.93. The van der Waals surface area contributed by atoms with Gasteiger partial charge in [0.05, 0.1) is 11.1 Å². The second kappa shape index (κ2) is 8.18. The molecule has 4 heterocycles. The Bertz CT molecular complexity index is 1560. The molecule has 2 N–H and O–H groups in total. The van der Waals surface area contributed by atoms with E-state index in [1.807, 2.05) is 44.5 Å². The average molecular weight is 455 g/mol. The molecule has 8 nitrogen and oxygen atoms in total. The van der Waals surface area contributed by atoms with Crippen molar-refractivity contribution in [2.45, 2.75) is 20.8 Å². The lowest BCUT2D eigenvalue weighted by atomic mass is 9.97. The van der Waals surface area contributed by atoms with Crippen molar-refractivity contribution in [1.82, 2.24) is 29.5 Å². The van der Waals surface area contributed by atoms with E-state index in [1.54, 1.807) is 24.4 Å². The van der Waals surface area contributed by atoms with E-state index < -0.39 is 5.82 Å². The van der Waals surface area contributed by atoms with Gasteiger partial charge in [-0.05, 0) is 56.7 Å². The van der Waals surface area contributed by atoms with Crippen molar-refractivity contribution in [3.63, 3.8) is 0 Å². The number of hydrogen-bond donors (Lipinski definition) is 1. The Balaban J connectivity index is 1.71. The number of benzene rings is 1. The van der Waals surface area contributed by atoms with E-state index >= 15 is 4.39 Å². The van der Waals surface area contributed by atoms with Crippen LogP contribution >= 0.6 is 0 Å². The molecule has 0 saturated heterocycles. The van der Waals surface area contributed by atoms with Crippen molar-refractivity contribution in [2.75, 3.05) is 5.73 Å². The van der Waals surface area contributed by atoms with Crippen LogP contribution in [-0.4, -0.2) is 29.5 Å². The van der Waals surface area contributed by atoms with Crippen molar-refractivity contribution in [3.05, 3.63) is 71.8 Å². The topological polar surface area (TPSA) is 105 Å². The number of hydrogen-bond acceptors (Lipinski definition) is 7. The molecule has 0 spiro atoms. The molecule has 5 rings (SSSR count). The van der Waals surface area contributed by atoms with Crippen LogP contribution in [0.4, 0.5) is 10.2 Å². The quantitative estimate of drug-likeness (QED) is 0.410. The van der Waals surface area contributed by atoms with E-state index in [9.17, 15) is 0 Å². The molecule has 4 aromatic heterocycles. The summed E-state index contributed by atoms with van der Waals surface area (Å²) in [5, 5.41) is 0.648. The van der Waals surface area contributed by atoms with Crippen molar-refractivity contribution < 1.29 is 9.13 Å². The molecule has 0 saturated carbocycles. The number of anilines is 1. The lowest BCUT2D eigenvalue weighted by Crippen LogP contribution is -1.98. The number of nitrogens with zero attached hydrogens (tertiary/aromatic N) is 6. The summed E-state index contributed by atoms with van der Waals surface area (Å²) in [6.45, 7) is 5.69. The average Bonchev–Trinajstić information content (AvgIpc) is 3.09. The van der Waals surface area contributed by atoms with Crippen LogP contribution in [0.2, 0.25) is 0 Å². The number of halogens is 1. The molecule has 0 aliphatic carbocycles. The Kier molecular flexibility index (Phi) is 5.16. The standard InChI is InChI=1S/C25H22FN7O/c1-13-5-7-17(15(3)31-13)22-20(21-23(27)29-12-30-24(21)33(22)4)16-6-8-19(18(26)11-16)34-25-28-10-9-14(2)32-25/h5-12H,1-4H3,(H2,27,29,30). The van der Waals surface area contributed by atoms with E-state index in [4.69, 9.17) is 10.5 Å². The molecule has 0 bridgehead atoms. The number of rotatable bonds is 4. The van der Waals surface area contributed by atoms with Crippen LogP contribution in [0.15, 0.2) is 48.9 Å². The van der Waals surface area contributed by atoms with Gasteiger partial charge in [-0.25, -0.2) is 24.3 Å². The maximum atomic E-state index is 15.2. The normalized spacial score (nSPS) is 11.2. The third kappa shape index (κ3) is 3.61. The van der Waals surface area contributed by atoms with Crippen molar-refractivity contribution in [1.29, 1.82) is 0 Å². The second-order valence-corrected chi connectivity index (χ2v) is 8.05. The molecule has 0 amide bonds. The molecule has 9 heteroatoms. The summed E-state index contributed by atoms with van der Waals surface area (Å²) in [4.78, 5) is 21.5. The molecule has 170 valence electrons. The first-order valence-electron chi connectivity index (χ1n) is 10.6. The summed E-state index contributed by atoms with van der Waals surface area (Å²) in [6.07, 6.45) is 2.98. The Morgan fingerprint density at radius 2 is 1.74 bits per heavy atom. The first kappa shape index (κ1) is 21.4. The number of nitrogen functional groups attached to an aromatic ring is 1. The highest BCUT2D eigenvalue weighted by Gasteiger charge is 2.24. The highest BCUT2D eigenvalue weighted by atomic mass is 19.1. The minimum Gasteiger partial charge on any atom is -0.421 e. The molecule has 0 fully saturated rings. The predicted molar refractivity (Wildman–Crippen MR) is 128 cm³/mol. The number of fused-ring (bicyclic) bond motifs is 1. The second-order valence-electron chi connectivity index (χ2n) is 8.05.